The van der Waals surface area contributed by atoms with Gasteiger partial charge in [0.1, 0.15) is 18.1 Å². The van der Waals surface area contributed by atoms with Gasteiger partial charge >= 0.3 is 0 Å². The first-order valence-corrected chi connectivity index (χ1v) is 7.84. The second-order valence-electron chi connectivity index (χ2n) is 5.47. The molecule has 1 heterocycles. The maximum Gasteiger partial charge on any atom is 0.267 e. The van der Waals surface area contributed by atoms with Crippen LogP contribution in [0.2, 0.25) is 0 Å². The van der Waals surface area contributed by atoms with Gasteiger partial charge in [0.2, 0.25) is 5.91 Å². The van der Waals surface area contributed by atoms with Gasteiger partial charge in [0.05, 0.1) is 18.5 Å². The molecule has 0 aliphatic heterocycles. The van der Waals surface area contributed by atoms with Crippen LogP contribution >= 0.6 is 0 Å². The van der Waals surface area contributed by atoms with Crippen molar-refractivity contribution in [2.24, 2.45) is 0 Å². The number of halogens is 1. The zero-order valence-corrected chi connectivity index (χ0v) is 14.0. The SMILES string of the molecule is COc1cccc(-c2ccc(=O)n(CC(=O)Nc3ccccc3F)n2)c1. The molecule has 0 atom stereocenters. The number of nitrogens with zero attached hydrogens (tertiary/aromatic N) is 2. The minimum absolute atomic E-state index is 0.0505. The maximum absolute atomic E-state index is 13.6. The largest absolute Gasteiger partial charge is 0.497 e. The third-order valence-corrected chi connectivity index (χ3v) is 3.67. The van der Waals surface area contributed by atoms with Crippen LogP contribution < -0.4 is 15.6 Å². The van der Waals surface area contributed by atoms with Gasteiger partial charge in [-0.3, -0.25) is 9.59 Å². The van der Waals surface area contributed by atoms with Crippen molar-refractivity contribution in [2.45, 2.75) is 6.54 Å². The molecule has 1 aromatic heterocycles. The molecule has 3 rings (SSSR count). The number of ether oxygens (including phenoxy) is 1. The molecule has 0 fully saturated rings. The van der Waals surface area contributed by atoms with E-state index in [9.17, 15) is 14.0 Å². The minimum atomic E-state index is -0.550. The topological polar surface area (TPSA) is 73.2 Å². The highest BCUT2D eigenvalue weighted by atomic mass is 19.1. The molecule has 1 amide bonds. The highest BCUT2D eigenvalue weighted by Crippen LogP contribution is 2.21. The van der Waals surface area contributed by atoms with E-state index in [2.05, 4.69) is 10.4 Å². The van der Waals surface area contributed by atoms with E-state index < -0.39 is 17.3 Å². The van der Waals surface area contributed by atoms with Crippen molar-refractivity contribution in [3.8, 4) is 17.0 Å². The van der Waals surface area contributed by atoms with Gasteiger partial charge in [-0.2, -0.15) is 5.10 Å². The highest BCUT2D eigenvalue weighted by molar-refractivity contribution is 5.90. The lowest BCUT2D eigenvalue weighted by Crippen LogP contribution is -2.29. The van der Waals surface area contributed by atoms with E-state index in [-0.39, 0.29) is 12.2 Å². The van der Waals surface area contributed by atoms with Crippen LogP contribution in [0.1, 0.15) is 0 Å². The molecule has 132 valence electrons. The summed E-state index contributed by atoms with van der Waals surface area (Å²) in [5.74, 6) is -0.446. The van der Waals surface area contributed by atoms with Crippen LogP contribution in [-0.4, -0.2) is 22.8 Å². The quantitative estimate of drug-likeness (QED) is 0.765. The number of carbonyl (C=O) groups is 1. The molecular formula is C19H16FN3O3. The Morgan fingerprint density at radius 2 is 1.96 bits per heavy atom. The number of rotatable bonds is 5. The Labute approximate surface area is 148 Å². The van der Waals surface area contributed by atoms with Gasteiger partial charge in [-0.15, -0.1) is 0 Å². The Hall–Kier alpha value is -3.48. The van der Waals surface area contributed by atoms with Gasteiger partial charge in [-0.1, -0.05) is 24.3 Å². The summed E-state index contributed by atoms with van der Waals surface area (Å²) in [6, 6.07) is 15.9. The highest BCUT2D eigenvalue weighted by Gasteiger charge is 2.10. The standard InChI is InChI=1S/C19H16FN3O3/c1-26-14-6-4-5-13(11-14)16-9-10-19(25)23(22-16)12-18(24)21-17-8-3-2-7-15(17)20/h2-11H,12H2,1H3,(H,21,24). The fraction of sp³-hybridized carbons (Fsp3) is 0.105. The molecule has 0 saturated carbocycles. The summed E-state index contributed by atoms with van der Waals surface area (Å²) < 4.78 is 19.8. The first-order valence-electron chi connectivity index (χ1n) is 7.84. The summed E-state index contributed by atoms with van der Waals surface area (Å²) in [4.78, 5) is 24.1. The first-order chi connectivity index (χ1) is 12.6. The van der Waals surface area contributed by atoms with Crippen molar-refractivity contribution >= 4 is 11.6 Å². The molecule has 0 aliphatic carbocycles. The van der Waals surface area contributed by atoms with E-state index in [0.29, 0.717) is 11.4 Å². The average Bonchev–Trinajstić information content (AvgIpc) is 2.65. The second kappa shape index (κ2) is 7.60. The molecule has 0 spiro atoms. The number of benzene rings is 2. The van der Waals surface area contributed by atoms with Gasteiger partial charge in [-0.25, -0.2) is 9.07 Å². The van der Waals surface area contributed by atoms with Gasteiger partial charge in [0.15, 0.2) is 0 Å². The maximum atomic E-state index is 13.6. The zero-order valence-electron chi connectivity index (χ0n) is 14.0. The molecule has 0 saturated heterocycles. The normalized spacial score (nSPS) is 10.4. The smallest absolute Gasteiger partial charge is 0.267 e. The van der Waals surface area contributed by atoms with Crippen molar-refractivity contribution in [1.29, 1.82) is 0 Å². The Kier molecular flexibility index (Phi) is 5.07. The lowest BCUT2D eigenvalue weighted by molar-refractivity contribution is -0.117. The third-order valence-electron chi connectivity index (χ3n) is 3.67. The minimum Gasteiger partial charge on any atom is -0.497 e. The number of aromatic nitrogens is 2. The molecule has 6 nitrogen and oxygen atoms in total. The number of hydrogen-bond acceptors (Lipinski definition) is 4. The van der Waals surface area contributed by atoms with Crippen LogP contribution in [0.3, 0.4) is 0 Å². The molecule has 0 bridgehead atoms. The van der Waals surface area contributed by atoms with E-state index in [4.69, 9.17) is 4.74 Å². The van der Waals surface area contributed by atoms with Gasteiger partial charge < -0.3 is 10.1 Å². The fourth-order valence-electron chi connectivity index (χ4n) is 2.39. The molecular weight excluding hydrogens is 337 g/mol. The van der Waals surface area contributed by atoms with E-state index in [1.165, 1.54) is 24.3 Å². The summed E-state index contributed by atoms with van der Waals surface area (Å²) in [6.45, 7) is -0.328. The number of carbonyl (C=O) groups excluding carboxylic acids is 1. The van der Waals surface area contributed by atoms with Crippen LogP contribution in [0, 0.1) is 5.82 Å². The summed E-state index contributed by atoms with van der Waals surface area (Å²) in [6.07, 6.45) is 0. The van der Waals surface area contributed by atoms with Gasteiger partial charge in [-0.05, 0) is 30.3 Å². The first kappa shape index (κ1) is 17.3. The lowest BCUT2D eigenvalue weighted by atomic mass is 10.1. The van der Waals surface area contributed by atoms with Crippen molar-refractivity contribution in [2.75, 3.05) is 12.4 Å². The van der Waals surface area contributed by atoms with Crippen LogP contribution in [0.15, 0.2) is 65.5 Å². The molecule has 0 aliphatic rings. The summed E-state index contributed by atoms with van der Waals surface area (Å²) >= 11 is 0. The molecule has 2 aromatic carbocycles. The fourth-order valence-corrected chi connectivity index (χ4v) is 2.39. The Morgan fingerprint density at radius 1 is 1.15 bits per heavy atom. The van der Waals surface area contributed by atoms with Crippen molar-refractivity contribution in [3.05, 3.63) is 76.8 Å². The summed E-state index contributed by atoms with van der Waals surface area (Å²) in [7, 11) is 1.56. The monoisotopic (exact) mass is 353 g/mol. The number of nitrogens with one attached hydrogen (secondary N) is 1. The molecule has 7 heteroatoms. The van der Waals surface area contributed by atoms with Crippen LogP contribution in [0.5, 0.6) is 5.75 Å². The predicted octanol–water partition coefficient (Wildman–Crippen LogP) is 2.70. The van der Waals surface area contributed by atoms with E-state index in [0.717, 1.165) is 10.2 Å². The predicted molar refractivity (Wildman–Crippen MR) is 95.5 cm³/mol. The van der Waals surface area contributed by atoms with E-state index in [1.54, 1.807) is 37.4 Å². The lowest BCUT2D eigenvalue weighted by Gasteiger charge is -2.09. The Balaban J connectivity index is 1.83. The number of hydrogen-bond donors (Lipinski definition) is 1. The van der Waals surface area contributed by atoms with E-state index >= 15 is 0 Å². The summed E-state index contributed by atoms with van der Waals surface area (Å²) in [5, 5.41) is 6.65. The number of anilines is 1. The summed E-state index contributed by atoms with van der Waals surface area (Å²) in [5.41, 5.74) is 0.879. The third kappa shape index (κ3) is 3.94. The molecule has 26 heavy (non-hydrogen) atoms. The van der Waals surface area contributed by atoms with Crippen molar-refractivity contribution < 1.29 is 13.9 Å². The van der Waals surface area contributed by atoms with Crippen LogP contribution in [0.25, 0.3) is 11.3 Å². The number of methoxy groups -OCH3 is 1. The van der Waals surface area contributed by atoms with Crippen LogP contribution in [0.4, 0.5) is 10.1 Å². The Bertz CT molecular complexity index is 1000. The van der Waals surface area contributed by atoms with E-state index in [1.807, 2.05) is 6.07 Å². The van der Waals surface area contributed by atoms with Gasteiger partial charge in [0.25, 0.3) is 5.56 Å². The van der Waals surface area contributed by atoms with Crippen molar-refractivity contribution in [3.63, 3.8) is 0 Å². The van der Waals surface area contributed by atoms with Crippen LogP contribution in [-0.2, 0) is 11.3 Å². The average molecular weight is 353 g/mol. The number of amides is 1. The molecule has 1 N–H and O–H groups in total. The molecule has 0 radical (unpaired) electrons. The Morgan fingerprint density at radius 3 is 2.73 bits per heavy atom. The number of para-hydroxylation sites is 1. The van der Waals surface area contributed by atoms with Gasteiger partial charge in [0, 0.05) is 11.6 Å². The second-order valence-corrected chi connectivity index (χ2v) is 5.47. The van der Waals surface area contributed by atoms with Crippen molar-refractivity contribution in [1.82, 2.24) is 9.78 Å². The molecule has 0 unspecified atom stereocenters. The molecule has 3 aromatic rings. The zero-order chi connectivity index (χ0) is 18.5.